The molecule has 0 radical (unpaired) electrons. The highest BCUT2D eigenvalue weighted by atomic mass is 19.4. The van der Waals surface area contributed by atoms with Gasteiger partial charge in [0.2, 0.25) is 0 Å². The third-order valence-corrected chi connectivity index (χ3v) is 3.12. The predicted octanol–water partition coefficient (Wildman–Crippen LogP) is 3.39. The molecule has 0 aliphatic carbocycles. The van der Waals surface area contributed by atoms with E-state index >= 15 is 0 Å². The molecule has 9 heteroatoms. The van der Waals surface area contributed by atoms with Gasteiger partial charge in [-0.1, -0.05) is 12.1 Å². The zero-order chi connectivity index (χ0) is 20.0. The van der Waals surface area contributed by atoms with Gasteiger partial charge < -0.3 is 14.2 Å². The van der Waals surface area contributed by atoms with E-state index < -0.39 is 36.3 Å². The fraction of sp³-hybridized carbons (Fsp3) is 0.167. The lowest BCUT2D eigenvalue weighted by Crippen LogP contribution is -2.18. The summed E-state index contributed by atoms with van der Waals surface area (Å²) in [7, 11) is 0. The summed E-state index contributed by atoms with van der Waals surface area (Å²) in [5.74, 6) is -2.75. The molecule has 6 nitrogen and oxygen atoms in total. The molecular formula is C18H13F3O6. The lowest BCUT2D eigenvalue weighted by molar-refractivity contribution is -0.152. The van der Waals surface area contributed by atoms with Gasteiger partial charge >= 0.3 is 24.1 Å². The van der Waals surface area contributed by atoms with Crippen molar-refractivity contribution in [1.29, 1.82) is 0 Å². The van der Waals surface area contributed by atoms with Crippen molar-refractivity contribution in [1.82, 2.24) is 0 Å². The predicted molar refractivity (Wildman–Crippen MR) is 85.1 cm³/mol. The molecule has 0 bridgehead atoms. The van der Waals surface area contributed by atoms with Gasteiger partial charge in [0.05, 0.1) is 11.1 Å². The largest absolute Gasteiger partial charge is 0.454 e. The SMILES string of the molecule is CC(=O)OCC(=O)Oc1ccccc1OC(=O)c1ccc(C(F)(F)F)cc1. The summed E-state index contributed by atoms with van der Waals surface area (Å²) in [5, 5.41) is 0. The van der Waals surface area contributed by atoms with Crippen LogP contribution in [-0.4, -0.2) is 24.5 Å². The van der Waals surface area contributed by atoms with Gasteiger partial charge in [0.15, 0.2) is 18.1 Å². The van der Waals surface area contributed by atoms with Crippen LogP contribution in [-0.2, 0) is 20.5 Å². The van der Waals surface area contributed by atoms with E-state index in [1.165, 1.54) is 24.3 Å². The zero-order valence-corrected chi connectivity index (χ0v) is 13.9. The van der Waals surface area contributed by atoms with E-state index in [2.05, 4.69) is 4.74 Å². The van der Waals surface area contributed by atoms with E-state index in [4.69, 9.17) is 9.47 Å². The van der Waals surface area contributed by atoms with Gasteiger partial charge in [-0.2, -0.15) is 13.2 Å². The first kappa shape index (κ1) is 20.0. The Morgan fingerprint density at radius 2 is 1.44 bits per heavy atom. The Morgan fingerprint density at radius 1 is 0.889 bits per heavy atom. The number of carbonyl (C=O) groups excluding carboxylic acids is 3. The minimum Gasteiger partial charge on any atom is -0.454 e. The van der Waals surface area contributed by atoms with Crippen molar-refractivity contribution in [3.8, 4) is 11.5 Å². The minimum absolute atomic E-state index is 0.116. The van der Waals surface area contributed by atoms with Crippen LogP contribution < -0.4 is 9.47 Å². The van der Waals surface area contributed by atoms with Crippen LogP contribution in [0.25, 0.3) is 0 Å². The highest BCUT2D eigenvalue weighted by molar-refractivity contribution is 5.91. The molecule has 0 saturated carbocycles. The molecule has 0 aromatic heterocycles. The van der Waals surface area contributed by atoms with Crippen LogP contribution in [0.1, 0.15) is 22.8 Å². The molecule has 0 aliphatic heterocycles. The van der Waals surface area contributed by atoms with E-state index in [1.807, 2.05) is 0 Å². The lowest BCUT2D eigenvalue weighted by Gasteiger charge is -2.11. The fourth-order valence-electron chi connectivity index (χ4n) is 1.89. The van der Waals surface area contributed by atoms with Gasteiger partial charge in [-0.3, -0.25) is 4.79 Å². The van der Waals surface area contributed by atoms with Crippen LogP contribution in [0.5, 0.6) is 11.5 Å². The second-order valence-corrected chi connectivity index (χ2v) is 5.17. The Hall–Kier alpha value is -3.36. The van der Waals surface area contributed by atoms with Gasteiger partial charge in [0, 0.05) is 6.92 Å². The van der Waals surface area contributed by atoms with Gasteiger partial charge in [0.25, 0.3) is 0 Å². The van der Waals surface area contributed by atoms with E-state index in [-0.39, 0.29) is 17.1 Å². The molecule has 27 heavy (non-hydrogen) atoms. The molecule has 0 atom stereocenters. The Kier molecular flexibility index (Phi) is 6.17. The van der Waals surface area contributed by atoms with Crippen molar-refractivity contribution in [2.45, 2.75) is 13.1 Å². The number of benzene rings is 2. The summed E-state index contributed by atoms with van der Waals surface area (Å²) in [6, 6.07) is 9.12. The zero-order valence-electron chi connectivity index (χ0n) is 13.9. The maximum absolute atomic E-state index is 12.6. The van der Waals surface area contributed by atoms with Crippen LogP contribution in [0.15, 0.2) is 48.5 Å². The first-order valence-electron chi connectivity index (χ1n) is 7.49. The number of carbonyl (C=O) groups is 3. The number of ether oxygens (including phenoxy) is 3. The number of rotatable bonds is 5. The van der Waals surface area contributed by atoms with Crippen molar-refractivity contribution < 1.29 is 41.8 Å². The first-order chi connectivity index (χ1) is 12.7. The normalized spacial score (nSPS) is 10.8. The molecule has 0 spiro atoms. The maximum atomic E-state index is 12.6. The summed E-state index contributed by atoms with van der Waals surface area (Å²) < 4.78 is 52.2. The molecule has 2 rings (SSSR count). The third kappa shape index (κ3) is 5.84. The number of esters is 3. The monoisotopic (exact) mass is 382 g/mol. The number of hydrogen-bond acceptors (Lipinski definition) is 6. The smallest absolute Gasteiger partial charge is 0.416 e. The quantitative estimate of drug-likeness (QED) is 0.583. The molecule has 2 aromatic carbocycles. The first-order valence-corrected chi connectivity index (χ1v) is 7.49. The second-order valence-electron chi connectivity index (χ2n) is 5.17. The topological polar surface area (TPSA) is 78.9 Å². The number of alkyl halides is 3. The number of para-hydroxylation sites is 2. The number of halogens is 3. The van der Waals surface area contributed by atoms with Crippen molar-refractivity contribution in [2.75, 3.05) is 6.61 Å². The van der Waals surface area contributed by atoms with Crippen molar-refractivity contribution in [2.24, 2.45) is 0 Å². The van der Waals surface area contributed by atoms with Crippen LogP contribution in [0, 0.1) is 0 Å². The summed E-state index contributed by atoms with van der Waals surface area (Å²) >= 11 is 0. The average molecular weight is 382 g/mol. The highest BCUT2D eigenvalue weighted by Crippen LogP contribution is 2.30. The fourth-order valence-corrected chi connectivity index (χ4v) is 1.89. The van der Waals surface area contributed by atoms with Gasteiger partial charge in [0.1, 0.15) is 0 Å². The molecular weight excluding hydrogens is 369 g/mol. The molecule has 0 heterocycles. The highest BCUT2D eigenvalue weighted by Gasteiger charge is 2.30. The van der Waals surface area contributed by atoms with Gasteiger partial charge in [-0.25, -0.2) is 9.59 Å². The molecule has 0 unspecified atom stereocenters. The molecule has 0 aliphatic rings. The molecule has 0 fully saturated rings. The van der Waals surface area contributed by atoms with E-state index in [9.17, 15) is 27.6 Å². The summed E-state index contributed by atoms with van der Waals surface area (Å²) in [6.45, 7) is 0.490. The average Bonchev–Trinajstić information content (AvgIpc) is 2.61. The summed E-state index contributed by atoms with van der Waals surface area (Å²) in [5.41, 5.74) is -1.03. The second kappa shape index (κ2) is 8.35. The van der Waals surface area contributed by atoms with E-state index in [0.717, 1.165) is 31.2 Å². The lowest BCUT2D eigenvalue weighted by atomic mass is 10.1. The van der Waals surface area contributed by atoms with Crippen LogP contribution >= 0.6 is 0 Å². The minimum atomic E-state index is -4.52. The Bertz CT molecular complexity index is 843. The standard InChI is InChI=1S/C18H13F3O6/c1-11(22)25-10-16(23)26-14-4-2-3-5-15(14)27-17(24)12-6-8-13(9-7-12)18(19,20)21/h2-9H,10H2,1H3. The van der Waals surface area contributed by atoms with Crippen molar-refractivity contribution >= 4 is 17.9 Å². The van der Waals surface area contributed by atoms with E-state index in [0.29, 0.717) is 0 Å². The summed E-state index contributed by atoms with van der Waals surface area (Å²) in [4.78, 5) is 34.4. The van der Waals surface area contributed by atoms with Crippen LogP contribution in [0.4, 0.5) is 13.2 Å². The molecule has 142 valence electrons. The Labute approximate surface area is 151 Å². The van der Waals surface area contributed by atoms with Crippen molar-refractivity contribution in [3.05, 3.63) is 59.7 Å². The third-order valence-electron chi connectivity index (χ3n) is 3.12. The Morgan fingerprint density at radius 3 is 1.96 bits per heavy atom. The van der Waals surface area contributed by atoms with Crippen LogP contribution in [0.2, 0.25) is 0 Å². The van der Waals surface area contributed by atoms with Crippen LogP contribution in [0.3, 0.4) is 0 Å². The summed E-state index contributed by atoms with van der Waals surface area (Å²) in [6.07, 6.45) is -4.52. The molecule has 0 amide bonds. The van der Waals surface area contributed by atoms with Gasteiger partial charge in [-0.15, -0.1) is 0 Å². The molecule has 0 N–H and O–H groups in total. The molecule has 0 saturated heterocycles. The van der Waals surface area contributed by atoms with Crippen molar-refractivity contribution in [3.63, 3.8) is 0 Å². The number of hydrogen-bond donors (Lipinski definition) is 0. The maximum Gasteiger partial charge on any atom is 0.416 e. The van der Waals surface area contributed by atoms with Gasteiger partial charge in [-0.05, 0) is 36.4 Å². The molecule has 2 aromatic rings. The van der Waals surface area contributed by atoms with E-state index in [1.54, 1.807) is 0 Å². The Balaban J connectivity index is 2.09.